The summed E-state index contributed by atoms with van der Waals surface area (Å²) in [5.74, 6) is 0. The smallest absolute Gasteiger partial charge is 0.0717 e. The van der Waals surface area contributed by atoms with Gasteiger partial charge in [0.2, 0.25) is 0 Å². The third-order valence-corrected chi connectivity index (χ3v) is 3.91. The summed E-state index contributed by atoms with van der Waals surface area (Å²) in [6, 6.07) is 4.48. The first-order valence-corrected chi connectivity index (χ1v) is 7.87. The fraction of sp³-hybridized carbons (Fsp3) is 0.647. The van der Waals surface area contributed by atoms with E-state index < -0.39 is 0 Å². The van der Waals surface area contributed by atoms with Gasteiger partial charge in [-0.25, -0.2) is 0 Å². The molecule has 0 fully saturated rings. The molecule has 0 aliphatic heterocycles. The summed E-state index contributed by atoms with van der Waals surface area (Å²) in [6.45, 7) is 14.2. The average molecular weight is 282 g/mol. The van der Waals surface area contributed by atoms with Gasteiger partial charge in [0.25, 0.3) is 0 Å². The Labute approximate surface area is 124 Å². The molecule has 1 unspecified atom stereocenters. The van der Waals surface area contributed by atoms with Crippen molar-refractivity contribution in [2.75, 3.05) is 19.6 Å². The molecular weight excluding hydrogens is 254 g/mol. The van der Waals surface area contributed by atoms with Crippen molar-refractivity contribution >= 4 is 11.6 Å². The van der Waals surface area contributed by atoms with Gasteiger partial charge in [-0.1, -0.05) is 31.5 Å². The second kappa shape index (κ2) is 7.91. The Morgan fingerprint density at radius 1 is 1.00 bits per heavy atom. The number of halogens is 1. The van der Waals surface area contributed by atoms with Gasteiger partial charge in [0.1, 0.15) is 0 Å². The van der Waals surface area contributed by atoms with Crippen LogP contribution in [0.1, 0.15) is 54.3 Å². The van der Waals surface area contributed by atoms with E-state index in [9.17, 15) is 0 Å². The van der Waals surface area contributed by atoms with E-state index in [0.29, 0.717) is 0 Å². The molecule has 0 radical (unpaired) electrons. The third kappa shape index (κ3) is 4.81. The highest BCUT2D eigenvalue weighted by atomic mass is 35.5. The maximum atomic E-state index is 6.69. The first-order valence-electron chi connectivity index (χ1n) is 7.43. The normalized spacial score (nSPS) is 13.0. The molecule has 0 aliphatic rings. The van der Waals surface area contributed by atoms with E-state index in [2.05, 4.69) is 51.7 Å². The third-order valence-electron chi connectivity index (χ3n) is 3.55. The Morgan fingerprint density at radius 3 is 1.89 bits per heavy atom. The van der Waals surface area contributed by atoms with Crippen molar-refractivity contribution in [3.8, 4) is 0 Å². The van der Waals surface area contributed by atoms with E-state index in [4.69, 9.17) is 11.6 Å². The number of hydrogen-bond acceptors (Lipinski definition) is 1. The standard InChI is InChI=1S/C17H28ClN/c1-6-8-19(9-7-2)12-16(18)17-14(4)10-13(3)11-15(17)5/h10-11,16H,6-9,12H2,1-5H3. The summed E-state index contributed by atoms with van der Waals surface area (Å²) in [4.78, 5) is 2.48. The highest BCUT2D eigenvalue weighted by Crippen LogP contribution is 2.29. The SMILES string of the molecule is CCCN(CCC)CC(Cl)c1c(C)cc(C)cc1C. The summed E-state index contributed by atoms with van der Waals surface area (Å²) >= 11 is 6.69. The van der Waals surface area contributed by atoms with E-state index >= 15 is 0 Å². The van der Waals surface area contributed by atoms with E-state index in [-0.39, 0.29) is 5.38 Å². The number of alkyl halides is 1. The van der Waals surface area contributed by atoms with Crippen LogP contribution in [0, 0.1) is 20.8 Å². The molecule has 1 aromatic rings. The van der Waals surface area contributed by atoms with Gasteiger partial charge >= 0.3 is 0 Å². The Hall–Kier alpha value is -0.530. The molecule has 2 heteroatoms. The second-order valence-corrected chi connectivity index (χ2v) is 6.11. The van der Waals surface area contributed by atoms with Gasteiger partial charge in [-0.05, 0) is 63.4 Å². The van der Waals surface area contributed by atoms with Crippen LogP contribution in [-0.4, -0.2) is 24.5 Å². The number of nitrogens with zero attached hydrogens (tertiary/aromatic N) is 1. The maximum absolute atomic E-state index is 6.69. The number of rotatable bonds is 7. The van der Waals surface area contributed by atoms with E-state index in [1.807, 2.05) is 0 Å². The van der Waals surface area contributed by atoms with Crippen LogP contribution < -0.4 is 0 Å². The lowest BCUT2D eigenvalue weighted by Gasteiger charge is -2.25. The van der Waals surface area contributed by atoms with Crippen molar-refractivity contribution in [1.29, 1.82) is 0 Å². The predicted octanol–water partition coefficient (Wildman–Crippen LogP) is 5.01. The first kappa shape index (κ1) is 16.5. The topological polar surface area (TPSA) is 3.24 Å². The molecule has 0 N–H and O–H groups in total. The van der Waals surface area contributed by atoms with Crippen molar-refractivity contribution < 1.29 is 0 Å². The van der Waals surface area contributed by atoms with Crippen molar-refractivity contribution in [3.63, 3.8) is 0 Å². The van der Waals surface area contributed by atoms with Gasteiger partial charge in [0, 0.05) is 6.54 Å². The lowest BCUT2D eigenvalue weighted by atomic mass is 9.97. The van der Waals surface area contributed by atoms with Crippen LogP contribution in [-0.2, 0) is 0 Å². The zero-order valence-electron chi connectivity index (χ0n) is 13.1. The zero-order chi connectivity index (χ0) is 14.4. The summed E-state index contributed by atoms with van der Waals surface area (Å²) < 4.78 is 0. The van der Waals surface area contributed by atoms with E-state index in [1.54, 1.807) is 0 Å². The summed E-state index contributed by atoms with van der Waals surface area (Å²) in [7, 11) is 0. The monoisotopic (exact) mass is 281 g/mol. The Bertz CT molecular complexity index is 371. The molecule has 1 rings (SSSR count). The molecule has 0 saturated carbocycles. The summed E-state index contributed by atoms with van der Waals surface area (Å²) in [5, 5.41) is 0.0960. The number of benzene rings is 1. The predicted molar refractivity (Wildman–Crippen MR) is 86.3 cm³/mol. The van der Waals surface area contributed by atoms with Gasteiger partial charge in [0.05, 0.1) is 5.38 Å². The minimum atomic E-state index is 0.0960. The van der Waals surface area contributed by atoms with Crippen molar-refractivity contribution in [2.45, 2.75) is 52.8 Å². The van der Waals surface area contributed by atoms with Crippen LogP contribution in [0.4, 0.5) is 0 Å². The summed E-state index contributed by atoms with van der Waals surface area (Å²) in [6.07, 6.45) is 2.38. The van der Waals surface area contributed by atoms with Crippen molar-refractivity contribution in [3.05, 3.63) is 34.4 Å². The minimum Gasteiger partial charge on any atom is -0.302 e. The van der Waals surface area contributed by atoms with Crippen LogP contribution in [0.5, 0.6) is 0 Å². The maximum Gasteiger partial charge on any atom is 0.0717 e. The summed E-state index contributed by atoms with van der Waals surface area (Å²) in [5.41, 5.74) is 5.29. The molecule has 0 heterocycles. The zero-order valence-corrected chi connectivity index (χ0v) is 13.8. The van der Waals surface area contributed by atoms with Crippen LogP contribution in [0.15, 0.2) is 12.1 Å². The van der Waals surface area contributed by atoms with Gasteiger partial charge in [-0.15, -0.1) is 11.6 Å². The fourth-order valence-corrected chi connectivity index (χ4v) is 3.47. The molecule has 0 saturated heterocycles. The highest BCUT2D eigenvalue weighted by molar-refractivity contribution is 6.21. The van der Waals surface area contributed by atoms with Gasteiger partial charge < -0.3 is 4.90 Å². The second-order valence-electron chi connectivity index (χ2n) is 5.58. The number of hydrogen-bond donors (Lipinski definition) is 0. The first-order chi connectivity index (χ1) is 8.99. The molecule has 108 valence electrons. The van der Waals surface area contributed by atoms with Crippen LogP contribution in [0.25, 0.3) is 0 Å². The molecule has 1 atom stereocenters. The molecular formula is C17H28ClN. The Morgan fingerprint density at radius 2 is 1.47 bits per heavy atom. The molecule has 0 bridgehead atoms. The molecule has 19 heavy (non-hydrogen) atoms. The van der Waals surface area contributed by atoms with Gasteiger partial charge in [0.15, 0.2) is 0 Å². The van der Waals surface area contributed by atoms with Gasteiger partial charge in [-0.3, -0.25) is 0 Å². The van der Waals surface area contributed by atoms with Crippen LogP contribution >= 0.6 is 11.6 Å². The van der Waals surface area contributed by atoms with Gasteiger partial charge in [-0.2, -0.15) is 0 Å². The lowest BCUT2D eigenvalue weighted by molar-refractivity contribution is 0.274. The average Bonchev–Trinajstić information content (AvgIpc) is 2.27. The van der Waals surface area contributed by atoms with Crippen molar-refractivity contribution in [2.24, 2.45) is 0 Å². The quantitative estimate of drug-likeness (QED) is 0.635. The largest absolute Gasteiger partial charge is 0.302 e. The van der Waals surface area contributed by atoms with E-state index in [0.717, 1.165) is 19.6 Å². The molecule has 0 amide bonds. The molecule has 0 aliphatic carbocycles. The Kier molecular flexibility index (Phi) is 6.88. The molecule has 0 spiro atoms. The molecule has 1 nitrogen and oxygen atoms in total. The lowest BCUT2D eigenvalue weighted by Crippen LogP contribution is -2.29. The molecule has 1 aromatic carbocycles. The highest BCUT2D eigenvalue weighted by Gasteiger charge is 2.17. The Balaban J connectivity index is 2.84. The van der Waals surface area contributed by atoms with E-state index in [1.165, 1.54) is 35.1 Å². The van der Waals surface area contributed by atoms with Crippen LogP contribution in [0.3, 0.4) is 0 Å². The minimum absolute atomic E-state index is 0.0960. The fourth-order valence-electron chi connectivity index (χ4n) is 2.93. The molecule has 0 aromatic heterocycles. The van der Waals surface area contributed by atoms with Crippen molar-refractivity contribution in [1.82, 2.24) is 4.90 Å². The van der Waals surface area contributed by atoms with Crippen LogP contribution in [0.2, 0.25) is 0 Å². The number of aryl methyl sites for hydroxylation is 3.